The number of amides is 3. The molecule has 1 aliphatic rings. The Bertz CT molecular complexity index is 2030. The number of sulfonamides is 2. The minimum Gasteiger partial charge on any atom is -0.444 e. The molecular weight excluding hydrogens is 783 g/mol. The molecule has 3 aromatic rings. The number of alkyl carbamates (subject to hydrolysis) is 1. The summed E-state index contributed by atoms with van der Waals surface area (Å²) in [4.78, 5) is 39.7. The number of anilines is 3. The first-order chi connectivity index (χ1) is 25.2. The van der Waals surface area contributed by atoms with Gasteiger partial charge in [0, 0.05) is 67.7 Å². The molecule has 294 valence electrons. The smallest absolute Gasteiger partial charge is 0.407 e. The summed E-state index contributed by atoms with van der Waals surface area (Å²) in [5.74, 6) is -1.12. The molecule has 15 nitrogen and oxygen atoms in total. The van der Waals surface area contributed by atoms with Crippen LogP contribution >= 0.6 is 23.2 Å². The largest absolute Gasteiger partial charge is 0.444 e. The lowest BCUT2D eigenvalue weighted by molar-refractivity contribution is -0.125. The minimum atomic E-state index is -3.85. The highest BCUT2D eigenvalue weighted by atomic mass is 35.5. The molecule has 0 bridgehead atoms. The Hall–Kier alpha value is -4.13. The van der Waals surface area contributed by atoms with Crippen molar-refractivity contribution in [3.8, 4) is 0 Å². The highest BCUT2D eigenvalue weighted by molar-refractivity contribution is 7.92. The minimum absolute atomic E-state index is 0.00480. The SMILES string of the molecule is CN(c1ccc(CNC(=O)COCCNC(=O)OC(C)(C)C)cc1C(=O)Nc1ccc(S(=O)(=O)N2CCN(c3cc(Cl)cc(Cl)c3)CC2)cc1)S(C)(=O)=O. The third-order valence-corrected chi connectivity index (χ3v) is 11.5. The lowest BCUT2D eigenvalue weighted by Crippen LogP contribution is -2.48. The predicted octanol–water partition coefficient (Wildman–Crippen LogP) is 4.31. The molecule has 3 amide bonds. The number of benzene rings is 3. The van der Waals surface area contributed by atoms with Crippen LogP contribution in [0.1, 0.15) is 36.7 Å². The van der Waals surface area contributed by atoms with Gasteiger partial charge in [0.05, 0.1) is 29.0 Å². The van der Waals surface area contributed by atoms with Crippen LogP contribution in [0.25, 0.3) is 0 Å². The lowest BCUT2D eigenvalue weighted by atomic mass is 10.1. The van der Waals surface area contributed by atoms with Gasteiger partial charge in [-0.25, -0.2) is 21.6 Å². The zero-order chi connectivity index (χ0) is 39.8. The number of carbonyl (C=O) groups is 3. The normalized spacial score (nSPS) is 13.9. The molecule has 0 spiro atoms. The van der Waals surface area contributed by atoms with Crippen molar-refractivity contribution in [2.45, 2.75) is 37.8 Å². The fraction of sp³-hybridized carbons (Fsp3) is 0.400. The van der Waals surface area contributed by atoms with Crippen molar-refractivity contribution in [1.82, 2.24) is 14.9 Å². The molecule has 0 radical (unpaired) electrons. The van der Waals surface area contributed by atoms with E-state index in [9.17, 15) is 31.2 Å². The van der Waals surface area contributed by atoms with Crippen molar-refractivity contribution in [2.24, 2.45) is 0 Å². The molecule has 4 rings (SSSR count). The molecule has 0 unspecified atom stereocenters. The molecule has 1 heterocycles. The maximum Gasteiger partial charge on any atom is 0.407 e. The fourth-order valence-corrected chi connectivity index (χ4v) is 7.70. The third kappa shape index (κ3) is 12.2. The lowest BCUT2D eigenvalue weighted by Gasteiger charge is -2.35. The van der Waals surface area contributed by atoms with E-state index >= 15 is 0 Å². The van der Waals surface area contributed by atoms with E-state index in [2.05, 4.69) is 16.0 Å². The van der Waals surface area contributed by atoms with Gasteiger partial charge >= 0.3 is 6.09 Å². The molecule has 0 saturated carbocycles. The van der Waals surface area contributed by atoms with Crippen molar-refractivity contribution >= 4 is 78.2 Å². The van der Waals surface area contributed by atoms with Gasteiger partial charge in [-0.1, -0.05) is 29.3 Å². The summed E-state index contributed by atoms with van der Waals surface area (Å²) >= 11 is 12.3. The first-order valence-electron chi connectivity index (χ1n) is 16.7. The Labute approximate surface area is 326 Å². The molecule has 3 N–H and O–H groups in total. The van der Waals surface area contributed by atoms with E-state index in [-0.39, 0.29) is 61.2 Å². The first-order valence-corrected chi connectivity index (χ1v) is 20.8. The van der Waals surface area contributed by atoms with E-state index in [1.54, 1.807) is 45.0 Å². The van der Waals surface area contributed by atoms with Crippen LogP contribution in [0.2, 0.25) is 10.0 Å². The molecule has 1 fully saturated rings. The second kappa shape index (κ2) is 18.0. The van der Waals surface area contributed by atoms with Crippen molar-refractivity contribution in [2.75, 3.05) is 73.8 Å². The second-order valence-electron chi connectivity index (χ2n) is 13.3. The van der Waals surface area contributed by atoms with Crippen molar-refractivity contribution < 1.29 is 40.7 Å². The van der Waals surface area contributed by atoms with Crippen LogP contribution in [0.4, 0.5) is 21.9 Å². The molecule has 1 aliphatic heterocycles. The van der Waals surface area contributed by atoms with Gasteiger partial charge < -0.3 is 30.3 Å². The number of ether oxygens (including phenoxy) is 2. The van der Waals surface area contributed by atoms with Gasteiger partial charge in [-0.15, -0.1) is 0 Å². The summed E-state index contributed by atoms with van der Waals surface area (Å²) in [5, 5.41) is 8.87. The van der Waals surface area contributed by atoms with Crippen LogP contribution in [-0.2, 0) is 40.9 Å². The standard InChI is InChI=1S/C35H44Cl2N6O9S2/c1-35(2,3)52-34(46)38-12-17-51-23-32(44)39-22-24-6-11-31(41(4)53(5,47)48)30(18-24)33(45)40-27-7-9-29(10-8-27)54(49,50)43-15-13-42(14-16-43)28-20-25(36)19-26(37)21-28/h6-11,18-21H,12-17,22-23H2,1-5H3,(H,38,46)(H,39,44)(H,40,45). The zero-order valence-electron chi connectivity index (χ0n) is 30.5. The topological polar surface area (TPSA) is 184 Å². The average Bonchev–Trinajstić information content (AvgIpc) is 3.09. The molecule has 0 atom stereocenters. The predicted molar refractivity (Wildman–Crippen MR) is 208 cm³/mol. The van der Waals surface area contributed by atoms with Gasteiger partial charge in [0.1, 0.15) is 12.2 Å². The Kier molecular flexibility index (Phi) is 14.2. The van der Waals surface area contributed by atoms with Gasteiger partial charge in [-0.3, -0.25) is 13.9 Å². The number of hydrogen-bond acceptors (Lipinski definition) is 10. The second-order valence-corrected chi connectivity index (χ2v) is 18.2. The van der Waals surface area contributed by atoms with Crippen LogP contribution in [0.3, 0.4) is 0 Å². The van der Waals surface area contributed by atoms with E-state index in [1.807, 2.05) is 4.90 Å². The molecule has 1 saturated heterocycles. The highest BCUT2D eigenvalue weighted by Crippen LogP contribution is 2.28. The van der Waals surface area contributed by atoms with Gasteiger partial charge in [0.25, 0.3) is 5.91 Å². The van der Waals surface area contributed by atoms with Gasteiger partial charge in [0.15, 0.2) is 0 Å². The van der Waals surface area contributed by atoms with E-state index in [0.717, 1.165) is 16.2 Å². The Morgan fingerprint density at radius 3 is 2.09 bits per heavy atom. The van der Waals surface area contributed by atoms with E-state index < -0.39 is 43.6 Å². The summed E-state index contributed by atoms with van der Waals surface area (Å²) in [6.07, 6.45) is 0.394. The summed E-state index contributed by atoms with van der Waals surface area (Å²) < 4.78 is 64.5. The van der Waals surface area contributed by atoms with E-state index in [1.165, 1.54) is 47.8 Å². The van der Waals surface area contributed by atoms with Gasteiger partial charge in [-0.2, -0.15) is 4.31 Å². The Balaban J connectivity index is 1.37. The van der Waals surface area contributed by atoms with Crippen molar-refractivity contribution in [3.63, 3.8) is 0 Å². The Morgan fingerprint density at radius 2 is 1.50 bits per heavy atom. The zero-order valence-corrected chi connectivity index (χ0v) is 33.7. The van der Waals surface area contributed by atoms with E-state index in [4.69, 9.17) is 32.7 Å². The molecular formula is C35H44Cl2N6O9S2. The third-order valence-electron chi connectivity index (χ3n) is 7.98. The maximum absolute atomic E-state index is 13.6. The number of nitrogens with zero attached hydrogens (tertiary/aromatic N) is 3. The van der Waals surface area contributed by atoms with Crippen LogP contribution in [0, 0.1) is 0 Å². The quantitative estimate of drug-likeness (QED) is 0.198. The van der Waals surface area contributed by atoms with Crippen LogP contribution in [0.15, 0.2) is 65.6 Å². The van der Waals surface area contributed by atoms with Crippen LogP contribution in [-0.4, -0.2) is 104 Å². The number of carbonyl (C=O) groups excluding carboxylic acids is 3. The fourth-order valence-electron chi connectivity index (χ4n) is 5.25. The van der Waals surface area contributed by atoms with Gasteiger partial charge in [-0.05, 0) is 80.9 Å². The number of halogens is 2. The van der Waals surface area contributed by atoms with Crippen molar-refractivity contribution in [1.29, 1.82) is 0 Å². The number of rotatable bonds is 14. The highest BCUT2D eigenvalue weighted by Gasteiger charge is 2.29. The maximum atomic E-state index is 13.6. The molecule has 0 aromatic heterocycles. The average molecular weight is 828 g/mol. The number of nitrogens with one attached hydrogen (secondary N) is 3. The molecule has 0 aliphatic carbocycles. The number of hydrogen-bond donors (Lipinski definition) is 3. The summed E-state index contributed by atoms with van der Waals surface area (Å²) in [7, 11) is -6.31. The van der Waals surface area contributed by atoms with Crippen LogP contribution < -0.4 is 25.2 Å². The molecule has 54 heavy (non-hydrogen) atoms. The van der Waals surface area contributed by atoms with E-state index in [0.29, 0.717) is 28.7 Å². The first kappa shape index (κ1) is 42.6. The Morgan fingerprint density at radius 1 is 0.870 bits per heavy atom. The molecule has 19 heteroatoms. The van der Waals surface area contributed by atoms with Gasteiger partial charge in [0.2, 0.25) is 26.0 Å². The van der Waals surface area contributed by atoms with Crippen molar-refractivity contribution in [3.05, 3.63) is 81.8 Å². The van der Waals surface area contributed by atoms with Crippen LogP contribution in [0.5, 0.6) is 0 Å². The summed E-state index contributed by atoms with van der Waals surface area (Å²) in [6.45, 7) is 6.44. The number of piperazine rings is 1. The monoisotopic (exact) mass is 826 g/mol. The summed E-state index contributed by atoms with van der Waals surface area (Å²) in [5.41, 5.74) is 1.00. The summed E-state index contributed by atoms with van der Waals surface area (Å²) in [6, 6.07) is 15.3. The molecule has 3 aromatic carbocycles.